The highest BCUT2D eigenvalue weighted by atomic mass is 35.5. The molecular formula is C18H11Cl3N2O3S2. The summed E-state index contributed by atoms with van der Waals surface area (Å²) in [7, 11) is 0. The van der Waals surface area contributed by atoms with Crippen molar-refractivity contribution in [2.45, 2.75) is 23.1 Å². The Balaban J connectivity index is 1.75. The van der Waals surface area contributed by atoms with E-state index in [-0.39, 0.29) is 18.9 Å². The number of thioether (sulfide) groups is 1. The van der Waals surface area contributed by atoms with Crippen molar-refractivity contribution >= 4 is 85.7 Å². The highest BCUT2D eigenvalue weighted by molar-refractivity contribution is 8.01. The third-order valence-corrected chi connectivity index (χ3v) is 7.73. The molecule has 0 radical (unpaired) electrons. The minimum atomic E-state index is -1.04. The van der Waals surface area contributed by atoms with Crippen molar-refractivity contribution < 1.29 is 14.7 Å². The number of aliphatic carboxylic acids is 1. The summed E-state index contributed by atoms with van der Waals surface area (Å²) in [6, 6.07) is 8.80. The van der Waals surface area contributed by atoms with Gasteiger partial charge in [0, 0.05) is 0 Å². The molecule has 3 aromatic rings. The molecule has 1 aliphatic heterocycles. The number of nitrogens with zero attached hydrogens (tertiary/aromatic N) is 2. The van der Waals surface area contributed by atoms with E-state index < -0.39 is 11.2 Å². The second-order valence-corrected chi connectivity index (χ2v) is 9.55. The molecule has 0 saturated carbocycles. The van der Waals surface area contributed by atoms with Crippen LogP contribution in [0.25, 0.3) is 10.2 Å². The maximum Gasteiger partial charge on any atom is 0.305 e. The van der Waals surface area contributed by atoms with E-state index >= 15 is 0 Å². The summed E-state index contributed by atoms with van der Waals surface area (Å²) < 4.78 is 0.858. The molecule has 144 valence electrons. The molecule has 0 fully saturated rings. The molecule has 2 aromatic carbocycles. The van der Waals surface area contributed by atoms with E-state index in [4.69, 9.17) is 34.8 Å². The van der Waals surface area contributed by atoms with Gasteiger partial charge in [0.05, 0.1) is 48.6 Å². The summed E-state index contributed by atoms with van der Waals surface area (Å²) in [5.41, 5.74) is 1.23. The van der Waals surface area contributed by atoms with Crippen LogP contribution in [0.5, 0.6) is 0 Å². The van der Waals surface area contributed by atoms with E-state index in [9.17, 15) is 14.7 Å². The van der Waals surface area contributed by atoms with Crippen LogP contribution in [0.4, 0.5) is 5.69 Å². The van der Waals surface area contributed by atoms with Gasteiger partial charge in [0.15, 0.2) is 0 Å². The first-order valence-corrected chi connectivity index (χ1v) is 10.9. The maximum atomic E-state index is 13.0. The van der Waals surface area contributed by atoms with Crippen LogP contribution < -0.4 is 4.90 Å². The number of rotatable bonds is 4. The van der Waals surface area contributed by atoms with Gasteiger partial charge in [-0.1, -0.05) is 40.9 Å². The number of carbonyl (C=O) groups excluding carboxylic acids is 1. The smallest absolute Gasteiger partial charge is 0.305 e. The van der Waals surface area contributed by atoms with Gasteiger partial charge in [0.1, 0.15) is 10.5 Å². The molecule has 4 rings (SSSR count). The molecular weight excluding hydrogens is 463 g/mol. The fourth-order valence-electron chi connectivity index (χ4n) is 2.95. The van der Waals surface area contributed by atoms with Crippen LogP contribution in [0.3, 0.4) is 0 Å². The minimum Gasteiger partial charge on any atom is -0.481 e. The van der Waals surface area contributed by atoms with Crippen molar-refractivity contribution in [1.29, 1.82) is 0 Å². The first kappa shape index (κ1) is 19.8. The Kier molecular flexibility index (Phi) is 5.46. The SMILES string of the molecule is O=C(O)CC1Sc2c(Cl)cccc2N(Cc2nc3c(Cl)c(Cl)ccc3s2)C1=O. The summed E-state index contributed by atoms with van der Waals surface area (Å²) >= 11 is 21.2. The quantitative estimate of drug-likeness (QED) is 0.523. The van der Waals surface area contributed by atoms with Gasteiger partial charge in [-0.3, -0.25) is 9.59 Å². The summed E-state index contributed by atoms with van der Waals surface area (Å²) in [5.74, 6) is -1.33. The van der Waals surface area contributed by atoms with Gasteiger partial charge in [-0.25, -0.2) is 4.98 Å². The Morgan fingerprint density at radius 3 is 2.71 bits per heavy atom. The molecule has 0 saturated heterocycles. The van der Waals surface area contributed by atoms with E-state index in [2.05, 4.69) is 4.98 Å². The van der Waals surface area contributed by atoms with Crippen LogP contribution in [0, 0.1) is 0 Å². The Morgan fingerprint density at radius 1 is 1.18 bits per heavy atom. The molecule has 1 amide bonds. The van der Waals surface area contributed by atoms with Gasteiger partial charge < -0.3 is 10.0 Å². The molecule has 1 aliphatic rings. The summed E-state index contributed by atoms with van der Waals surface area (Å²) in [6.45, 7) is 0.191. The lowest BCUT2D eigenvalue weighted by atomic mass is 10.2. The molecule has 5 nitrogen and oxygen atoms in total. The van der Waals surface area contributed by atoms with E-state index in [1.54, 1.807) is 29.2 Å². The Labute approximate surface area is 183 Å². The standard InChI is InChI=1S/C18H11Cl3N2O3S2/c19-8-4-5-11-16(15(8)21)22-13(27-11)7-23-10-3-1-2-9(20)17(10)28-12(18(23)26)6-14(24)25/h1-5,12H,6-7H2,(H,24,25). The number of carboxylic acids is 1. The van der Waals surface area contributed by atoms with E-state index in [0.717, 1.165) is 4.70 Å². The number of halogens is 3. The van der Waals surface area contributed by atoms with E-state index in [0.29, 0.717) is 36.2 Å². The molecule has 2 heterocycles. The number of amides is 1. The molecule has 0 aliphatic carbocycles. The topological polar surface area (TPSA) is 70.5 Å². The zero-order chi connectivity index (χ0) is 20.0. The molecule has 1 atom stereocenters. The zero-order valence-corrected chi connectivity index (χ0v) is 17.9. The van der Waals surface area contributed by atoms with Crippen molar-refractivity contribution in [3.8, 4) is 0 Å². The van der Waals surface area contributed by atoms with E-state index in [1.807, 2.05) is 6.07 Å². The lowest BCUT2D eigenvalue weighted by Gasteiger charge is -2.33. The van der Waals surface area contributed by atoms with Crippen LogP contribution in [-0.4, -0.2) is 27.2 Å². The number of carboxylic acid groups (broad SMARTS) is 1. The monoisotopic (exact) mass is 472 g/mol. The zero-order valence-electron chi connectivity index (χ0n) is 14.0. The number of fused-ring (bicyclic) bond motifs is 2. The van der Waals surface area contributed by atoms with Gasteiger partial charge in [-0.05, 0) is 24.3 Å². The van der Waals surface area contributed by atoms with Crippen LogP contribution in [0.1, 0.15) is 11.4 Å². The van der Waals surface area contributed by atoms with Crippen molar-refractivity contribution in [2.24, 2.45) is 0 Å². The van der Waals surface area contributed by atoms with Crippen molar-refractivity contribution in [3.05, 3.63) is 50.4 Å². The second-order valence-electron chi connectivity index (χ2n) is 6.03. The summed E-state index contributed by atoms with van der Waals surface area (Å²) in [6.07, 6.45) is -0.286. The molecule has 1 aromatic heterocycles. The number of hydrogen-bond donors (Lipinski definition) is 1. The first-order valence-electron chi connectivity index (χ1n) is 8.07. The predicted molar refractivity (Wildman–Crippen MR) is 114 cm³/mol. The highest BCUT2D eigenvalue weighted by Gasteiger charge is 2.36. The van der Waals surface area contributed by atoms with Crippen LogP contribution in [0.2, 0.25) is 15.1 Å². The van der Waals surface area contributed by atoms with Crippen LogP contribution >= 0.6 is 57.9 Å². The molecule has 0 bridgehead atoms. The average molecular weight is 474 g/mol. The predicted octanol–water partition coefficient (Wildman–Crippen LogP) is 5.74. The van der Waals surface area contributed by atoms with Crippen LogP contribution in [-0.2, 0) is 16.1 Å². The van der Waals surface area contributed by atoms with Crippen LogP contribution in [0.15, 0.2) is 35.2 Å². The van der Waals surface area contributed by atoms with Gasteiger partial charge >= 0.3 is 5.97 Å². The average Bonchev–Trinajstić information content (AvgIpc) is 3.06. The molecule has 1 N–H and O–H groups in total. The Bertz CT molecular complexity index is 1120. The number of hydrogen-bond acceptors (Lipinski definition) is 5. The normalized spacial score (nSPS) is 16.5. The van der Waals surface area contributed by atoms with Crippen molar-refractivity contribution in [2.75, 3.05) is 4.90 Å². The second kappa shape index (κ2) is 7.72. The summed E-state index contributed by atoms with van der Waals surface area (Å²) in [5, 5.41) is 10.4. The molecule has 28 heavy (non-hydrogen) atoms. The number of benzene rings is 2. The molecule has 10 heteroatoms. The fraction of sp³-hybridized carbons (Fsp3) is 0.167. The largest absolute Gasteiger partial charge is 0.481 e. The lowest BCUT2D eigenvalue weighted by molar-refractivity contribution is -0.138. The molecule has 1 unspecified atom stereocenters. The first-order chi connectivity index (χ1) is 13.3. The lowest BCUT2D eigenvalue weighted by Crippen LogP contribution is -2.41. The van der Waals surface area contributed by atoms with Gasteiger partial charge in [-0.2, -0.15) is 0 Å². The van der Waals surface area contributed by atoms with Gasteiger partial charge in [0.2, 0.25) is 5.91 Å². The van der Waals surface area contributed by atoms with Gasteiger partial charge in [-0.15, -0.1) is 23.1 Å². The number of thiazole rings is 1. The summed E-state index contributed by atoms with van der Waals surface area (Å²) in [4.78, 5) is 31.0. The van der Waals surface area contributed by atoms with Crippen molar-refractivity contribution in [1.82, 2.24) is 4.98 Å². The third kappa shape index (κ3) is 3.57. The number of aromatic nitrogens is 1. The number of anilines is 1. The van der Waals surface area contributed by atoms with Crippen molar-refractivity contribution in [3.63, 3.8) is 0 Å². The minimum absolute atomic E-state index is 0.191. The highest BCUT2D eigenvalue weighted by Crippen LogP contribution is 2.45. The fourth-order valence-corrected chi connectivity index (χ4v) is 5.85. The Hall–Kier alpha value is -1.51. The Morgan fingerprint density at radius 2 is 1.96 bits per heavy atom. The van der Waals surface area contributed by atoms with E-state index in [1.165, 1.54) is 23.1 Å². The molecule has 0 spiro atoms. The number of carbonyl (C=O) groups is 2. The third-order valence-electron chi connectivity index (χ3n) is 4.19. The van der Waals surface area contributed by atoms with Gasteiger partial charge in [0.25, 0.3) is 0 Å². The maximum absolute atomic E-state index is 13.0.